The van der Waals surface area contributed by atoms with E-state index in [4.69, 9.17) is 0 Å². The number of carbonyl (C=O) groups is 1. The molecule has 118 valence electrons. The minimum atomic E-state index is -0.136. The molecule has 1 fully saturated rings. The van der Waals surface area contributed by atoms with Gasteiger partial charge in [-0.2, -0.15) is 5.10 Å². The normalized spacial score (nSPS) is 18.4. The second-order valence-electron chi connectivity index (χ2n) is 5.46. The van der Waals surface area contributed by atoms with Gasteiger partial charge in [-0.05, 0) is 19.5 Å². The van der Waals surface area contributed by atoms with Gasteiger partial charge in [-0.25, -0.2) is 4.79 Å². The van der Waals surface area contributed by atoms with Gasteiger partial charge in [-0.1, -0.05) is 6.92 Å². The molecule has 2 rings (SSSR count). The smallest absolute Gasteiger partial charge is 0.315 e. The maximum Gasteiger partial charge on any atom is 0.315 e. The van der Waals surface area contributed by atoms with Crippen molar-refractivity contribution in [3.05, 3.63) is 18.0 Å². The number of hydrogen-bond acceptors (Lipinski definition) is 4. The molecule has 1 aromatic heterocycles. The Morgan fingerprint density at radius 1 is 1.38 bits per heavy atom. The van der Waals surface area contributed by atoms with Gasteiger partial charge in [0.1, 0.15) is 0 Å². The Bertz CT molecular complexity index is 413. The number of nitrogens with zero attached hydrogens (tertiary/aromatic N) is 3. The van der Waals surface area contributed by atoms with Crippen molar-refractivity contribution in [3.63, 3.8) is 0 Å². The molecular weight excluding hydrogens is 268 g/mol. The molecule has 0 unspecified atom stereocenters. The zero-order valence-corrected chi connectivity index (χ0v) is 12.9. The first-order valence-corrected chi connectivity index (χ1v) is 7.65. The number of hydrogen-bond donors (Lipinski definition) is 3. The van der Waals surface area contributed by atoms with Crippen molar-refractivity contribution in [2.45, 2.75) is 26.4 Å². The van der Waals surface area contributed by atoms with E-state index in [1.165, 1.54) is 0 Å². The van der Waals surface area contributed by atoms with Gasteiger partial charge in [0.15, 0.2) is 0 Å². The topological polar surface area (TPSA) is 76.3 Å². The molecule has 0 bridgehead atoms. The molecule has 1 aliphatic rings. The van der Waals surface area contributed by atoms with Crippen molar-refractivity contribution >= 4 is 6.03 Å². The number of urea groups is 1. The molecule has 1 saturated heterocycles. The molecule has 1 aromatic rings. The lowest BCUT2D eigenvalue weighted by atomic mass is 10.2. The van der Waals surface area contributed by atoms with Crippen LogP contribution < -0.4 is 10.6 Å². The fourth-order valence-corrected chi connectivity index (χ4v) is 2.51. The van der Waals surface area contributed by atoms with Crippen LogP contribution in [-0.4, -0.2) is 71.3 Å². The van der Waals surface area contributed by atoms with Crippen LogP contribution in [-0.2, 0) is 6.54 Å². The summed E-state index contributed by atoms with van der Waals surface area (Å²) in [7, 11) is 0. The van der Waals surface area contributed by atoms with Crippen LogP contribution in [0.5, 0.6) is 0 Å². The van der Waals surface area contributed by atoms with E-state index < -0.39 is 0 Å². The van der Waals surface area contributed by atoms with Crippen LogP contribution in [0.15, 0.2) is 12.3 Å². The number of amides is 2. The van der Waals surface area contributed by atoms with E-state index in [-0.39, 0.29) is 6.03 Å². The quantitative estimate of drug-likeness (QED) is 0.702. The molecule has 1 atom stereocenters. The van der Waals surface area contributed by atoms with E-state index in [2.05, 4.69) is 44.5 Å². The highest BCUT2D eigenvalue weighted by Gasteiger charge is 2.20. The van der Waals surface area contributed by atoms with Crippen molar-refractivity contribution < 1.29 is 4.79 Å². The molecule has 7 heteroatoms. The van der Waals surface area contributed by atoms with Crippen LogP contribution in [0, 0.1) is 0 Å². The van der Waals surface area contributed by atoms with E-state index in [1.807, 2.05) is 6.07 Å². The molecule has 2 amide bonds. The fourth-order valence-electron chi connectivity index (χ4n) is 2.51. The Balaban J connectivity index is 1.62. The van der Waals surface area contributed by atoms with Crippen LogP contribution in [0.25, 0.3) is 0 Å². The van der Waals surface area contributed by atoms with Crippen LogP contribution in [0.3, 0.4) is 0 Å². The maximum atomic E-state index is 11.7. The third-order valence-corrected chi connectivity index (χ3v) is 4.03. The minimum Gasteiger partial charge on any atom is -0.337 e. The minimum absolute atomic E-state index is 0.136. The second-order valence-corrected chi connectivity index (χ2v) is 5.46. The Morgan fingerprint density at radius 3 is 2.76 bits per heavy atom. The molecule has 7 nitrogen and oxygen atoms in total. The lowest BCUT2D eigenvalue weighted by Gasteiger charge is -2.37. The average molecular weight is 294 g/mol. The predicted octanol–water partition coefficient (Wildman–Crippen LogP) is 0.235. The van der Waals surface area contributed by atoms with Crippen molar-refractivity contribution in [3.8, 4) is 0 Å². The van der Waals surface area contributed by atoms with Crippen molar-refractivity contribution in [2.75, 3.05) is 39.3 Å². The van der Waals surface area contributed by atoms with E-state index in [0.717, 1.165) is 38.4 Å². The van der Waals surface area contributed by atoms with Gasteiger partial charge >= 0.3 is 6.03 Å². The first-order chi connectivity index (χ1) is 10.2. The van der Waals surface area contributed by atoms with E-state index >= 15 is 0 Å². The predicted molar refractivity (Wildman–Crippen MR) is 82.0 cm³/mol. The highest BCUT2D eigenvalue weighted by atomic mass is 16.2. The maximum absolute atomic E-state index is 11.7. The molecule has 0 saturated carbocycles. The summed E-state index contributed by atoms with van der Waals surface area (Å²) in [6, 6.07) is 2.07. The first kappa shape index (κ1) is 15.8. The number of rotatable bonds is 6. The molecule has 21 heavy (non-hydrogen) atoms. The lowest BCUT2D eigenvalue weighted by Crippen LogP contribution is -2.52. The molecule has 0 radical (unpaired) electrons. The highest BCUT2D eigenvalue weighted by Crippen LogP contribution is 2.05. The summed E-state index contributed by atoms with van der Waals surface area (Å²) >= 11 is 0. The molecule has 0 aliphatic carbocycles. The number of aromatic amines is 1. The van der Waals surface area contributed by atoms with E-state index in [0.29, 0.717) is 19.1 Å². The summed E-state index contributed by atoms with van der Waals surface area (Å²) in [6.45, 7) is 11.0. The molecule has 3 N–H and O–H groups in total. The Labute approximate surface area is 126 Å². The Hall–Kier alpha value is -1.60. The average Bonchev–Trinajstić information content (AvgIpc) is 3.04. The Kier molecular flexibility index (Phi) is 6.01. The third kappa shape index (κ3) is 5.02. The van der Waals surface area contributed by atoms with E-state index in [9.17, 15) is 4.79 Å². The summed E-state index contributed by atoms with van der Waals surface area (Å²) in [5, 5.41) is 12.4. The largest absolute Gasteiger partial charge is 0.337 e. The van der Waals surface area contributed by atoms with Gasteiger partial charge in [0, 0.05) is 45.0 Å². The monoisotopic (exact) mass is 294 g/mol. The highest BCUT2D eigenvalue weighted by molar-refractivity contribution is 5.73. The van der Waals surface area contributed by atoms with Crippen molar-refractivity contribution in [1.82, 2.24) is 30.6 Å². The zero-order valence-electron chi connectivity index (χ0n) is 12.9. The van der Waals surface area contributed by atoms with Crippen LogP contribution in [0.2, 0.25) is 0 Å². The number of H-pyrrole nitrogens is 1. The van der Waals surface area contributed by atoms with Gasteiger partial charge in [0.05, 0.1) is 12.2 Å². The molecule has 1 aliphatic heterocycles. The Morgan fingerprint density at radius 2 is 2.14 bits per heavy atom. The number of carbonyl (C=O) groups excluding carboxylic acids is 1. The molecule has 0 spiro atoms. The standard InChI is InChI=1S/C14H26N6O/c1-3-19-6-8-20(9-7-19)12(2)10-15-14(21)16-11-13-4-5-17-18-13/h4-5,12H,3,6-11H2,1-2H3,(H,17,18)(H2,15,16,21)/t12-/m1/s1. The van der Waals surface area contributed by atoms with Gasteiger partial charge in [-0.3, -0.25) is 10.00 Å². The zero-order chi connectivity index (χ0) is 15.1. The van der Waals surface area contributed by atoms with Crippen LogP contribution >= 0.6 is 0 Å². The summed E-state index contributed by atoms with van der Waals surface area (Å²) in [6.07, 6.45) is 1.67. The van der Waals surface area contributed by atoms with Gasteiger partial charge < -0.3 is 15.5 Å². The first-order valence-electron chi connectivity index (χ1n) is 7.65. The van der Waals surface area contributed by atoms with Crippen LogP contribution in [0.1, 0.15) is 19.5 Å². The number of piperazine rings is 1. The fraction of sp³-hybridized carbons (Fsp3) is 0.714. The van der Waals surface area contributed by atoms with Gasteiger partial charge in [0.2, 0.25) is 0 Å². The molecular formula is C14H26N6O. The second kappa shape index (κ2) is 7.99. The molecule has 2 heterocycles. The summed E-state index contributed by atoms with van der Waals surface area (Å²) in [5.41, 5.74) is 0.897. The SMILES string of the molecule is CCN1CCN([C@H](C)CNC(=O)NCc2ccn[nH]2)CC1. The summed E-state index contributed by atoms with van der Waals surface area (Å²) < 4.78 is 0. The third-order valence-electron chi connectivity index (χ3n) is 4.03. The van der Waals surface area contributed by atoms with Crippen LogP contribution in [0.4, 0.5) is 4.79 Å². The number of nitrogens with one attached hydrogen (secondary N) is 3. The molecule has 0 aromatic carbocycles. The summed E-state index contributed by atoms with van der Waals surface area (Å²) in [4.78, 5) is 16.6. The van der Waals surface area contributed by atoms with Gasteiger partial charge in [0.25, 0.3) is 0 Å². The van der Waals surface area contributed by atoms with Gasteiger partial charge in [-0.15, -0.1) is 0 Å². The van der Waals surface area contributed by atoms with Crippen molar-refractivity contribution in [2.24, 2.45) is 0 Å². The van der Waals surface area contributed by atoms with Crippen molar-refractivity contribution in [1.29, 1.82) is 0 Å². The lowest BCUT2D eigenvalue weighted by molar-refractivity contribution is 0.106. The summed E-state index contributed by atoms with van der Waals surface area (Å²) in [5.74, 6) is 0. The van der Waals surface area contributed by atoms with E-state index in [1.54, 1.807) is 6.20 Å². The number of aromatic nitrogens is 2. The number of likely N-dealkylation sites (N-methyl/N-ethyl adjacent to an activating group) is 1.